The average molecular weight is 431 g/mol. The Morgan fingerprint density at radius 1 is 1.21 bits per heavy atom. The largest absolute Gasteiger partial charge is 0.326 e. The van der Waals surface area contributed by atoms with Gasteiger partial charge in [-0.3, -0.25) is 19.0 Å². The van der Waals surface area contributed by atoms with Crippen molar-refractivity contribution in [3.05, 3.63) is 46.1 Å². The van der Waals surface area contributed by atoms with E-state index in [9.17, 15) is 14.4 Å². The molecular weight excluding hydrogens is 408 g/mol. The number of hydrogen-bond acceptors (Lipinski definition) is 6. The lowest BCUT2D eigenvalue weighted by atomic mass is 10.2. The fraction of sp³-hybridized carbons (Fsp3) is 0.300. The van der Waals surface area contributed by atoms with Gasteiger partial charge < -0.3 is 10.6 Å². The lowest BCUT2D eigenvalue weighted by Crippen LogP contribution is -2.25. The number of hydrogen-bond donors (Lipinski definition) is 2. The van der Waals surface area contributed by atoms with E-state index < -0.39 is 0 Å². The van der Waals surface area contributed by atoms with E-state index in [0.29, 0.717) is 33.3 Å². The molecule has 3 rings (SSSR count). The number of nitrogens with one attached hydrogen (secondary N) is 2. The third-order valence-electron chi connectivity index (χ3n) is 3.88. The highest BCUT2D eigenvalue weighted by Crippen LogP contribution is 2.22. The molecule has 0 saturated carbocycles. The predicted octanol–water partition coefficient (Wildman–Crippen LogP) is 3.80. The summed E-state index contributed by atoms with van der Waals surface area (Å²) >= 11 is 2.62. The van der Waals surface area contributed by atoms with Crippen LogP contribution in [0.4, 0.5) is 11.4 Å². The molecule has 2 amide bonds. The number of anilines is 2. The van der Waals surface area contributed by atoms with Gasteiger partial charge in [-0.05, 0) is 35.6 Å². The van der Waals surface area contributed by atoms with Crippen LogP contribution in [0.25, 0.3) is 10.2 Å². The molecule has 0 unspecified atom stereocenters. The third-order valence-corrected chi connectivity index (χ3v) is 5.75. The van der Waals surface area contributed by atoms with Crippen molar-refractivity contribution in [2.45, 2.75) is 32.5 Å². The number of thioether (sulfide) groups is 1. The van der Waals surface area contributed by atoms with Crippen LogP contribution in [0.5, 0.6) is 0 Å². The number of carbonyl (C=O) groups is 2. The number of aromatic nitrogens is 2. The van der Waals surface area contributed by atoms with Crippen LogP contribution in [-0.4, -0.2) is 27.1 Å². The Morgan fingerprint density at radius 2 is 1.93 bits per heavy atom. The first kappa shape index (κ1) is 21.1. The molecule has 1 aromatic carbocycles. The molecule has 3 aromatic rings. The molecule has 0 saturated heterocycles. The van der Waals surface area contributed by atoms with Crippen molar-refractivity contribution >= 4 is 56.5 Å². The highest BCUT2D eigenvalue weighted by Gasteiger charge is 2.15. The Balaban J connectivity index is 1.74. The monoisotopic (exact) mass is 430 g/mol. The molecule has 29 heavy (non-hydrogen) atoms. The number of benzene rings is 1. The zero-order valence-electron chi connectivity index (χ0n) is 16.4. The second-order valence-electron chi connectivity index (χ2n) is 6.94. The van der Waals surface area contributed by atoms with Crippen LogP contribution in [0.2, 0.25) is 0 Å². The van der Waals surface area contributed by atoms with Crippen molar-refractivity contribution in [3.8, 4) is 0 Å². The molecule has 7 nitrogen and oxygen atoms in total. The summed E-state index contributed by atoms with van der Waals surface area (Å²) in [5.41, 5.74) is 1.79. The van der Waals surface area contributed by atoms with Crippen LogP contribution in [0.3, 0.4) is 0 Å². The summed E-state index contributed by atoms with van der Waals surface area (Å²) in [6.45, 7) is 6.04. The highest BCUT2D eigenvalue weighted by molar-refractivity contribution is 7.99. The molecule has 0 atom stereocenters. The van der Waals surface area contributed by atoms with Crippen LogP contribution in [0.15, 0.2) is 45.7 Å². The van der Waals surface area contributed by atoms with Gasteiger partial charge in [0.15, 0.2) is 5.16 Å². The second kappa shape index (κ2) is 9.23. The molecular formula is C20H22N4O3S2. The van der Waals surface area contributed by atoms with Crippen LogP contribution in [0, 0.1) is 5.92 Å². The summed E-state index contributed by atoms with van der Waals surface area (Å²) in [6, 6.07) is 8.75. The number of fused-ring (bicyclic) bond motifs is 1. The third kappa shape index (κ3) is 5.45. The van der Waals surface area contributed by atoms with Gasteiger partial charge in [-0.15, -0.1) is 11.3 Å². The van der Waals surface area contributed by atoms with Gasteiger partial charge in [0.25, 0.3) is 5.56 Å². The first-order valence-corrected chi connectivity index (χ1v) is 11.0. The molecule has 2 aromatic heterocycles. The minimum Gasteiger partial charge on any atom is -0.326 e. The van der Waals surface area contributed by atoms with E-state index in [1.807, 2.05) is 25.3 Å². The van der Waals surface area contributed by atoms with E-state index in [4.69, 9.17) is 0 Å². The molecule has 0 fully saturated rings. The average Bonchev–Trinajstić information content (AvgIpc) is 3.11. The van der Waals surface area contributed by atoms with Crippen LogP contribution in [0.1, 0.15) is 20.8 Å². The van der Waals surface area contributed by atoms with Crippen LogP contribution >= 0.6 is 23.1 Å². The molecule has 0 aliphatic carbocycles. The van der Waals surface area contributed by atoms with E-state index in [-0.39, 0.29) is 29.0 Å². The maximum atomic E-state index is 12.8. The second-order valence-corrected chi connectivity index (χ2v) is 8.80. The van der Waals surface area contributed by atoms with Crippen LogP contribution in [-0.2, 0) is 16.1 Å². The first-order chi connectivity index (χ1) is 13.8. The maximum absolute atomic E-state index is 12.8. The quantitative estimate of drug-likeness (QED) is 0.439. The minimum atomic E-state index is -0.217. The van der Waals surface area contributed by atoms with E-state index in [1.54, 1.807) is 28.8 Å². The molecule has 0 bridgehead atoms. The first-order valence-electron chi connectivity index (χ1n) is 9.12. The van der Waals surface area contributed by atoms with E-state index in [2.05, 4.69) is 15.6 Å². The number of amides is 2. The topological polar surface area (TPSA) is 93.1 Å². The molecule has 2 heterocycles. The smallest absolute Gasteiger partial charge is 0.272 e. The molecule has 152 valence electrons. The normalized spacial score (nSPS) is 11.0. The summed E-state index contributed by atoms with van der Waals surface area (Å²) in [7, 11) is 0. The van der Waals surface area contributed by atoms with Gasteiger partial charge in [-0.1, -0.05) is 31.7 Å². The fourth-order valence-corrected chi connectivity index (χ4v) is 4.35. The van der Waals surface area contributed by atoms with Crippen LogP contribution < -0.4 is 16.2 Å². The SMILES string of the molecule is CC(=O)Nc1cccc(NC(=O)CSc2nc3ccsc3c(=O)n2CC(C)C)c1. The van der Waals surface area contributed by atoms with E-state index in [0.717, 1.165) is 0 Å². The molecule has 0 spiro atoms. The van der Waals surface area contributed by atoms with Crippen molar-refractivity contribution in [1.29, 1.82) is 0 Å². The Hall–Kier alpha value is -2.65. The maximum Gasteiger partial charge on any atom is 0.272 e. The fourth-order valence-electron chi connectivity index (χ4n) is 2.76. The van der Waals surface area contributed by atoms with Gasteiger partial charge in [-0.25, -0.2) is 4.98 Å². The zero-order chi connectivity index (χ0) is 21.0. The number of nitrogens with zero attached hydrogens (tertiary/aromatic N) is 2. The van der Waals surface area contributed by atoms with Gasteiger partial charge in [0.05, 0.1) is 11.3 Å². The van der Waals surface area contributed by atoms with E-state index >= 15 is 0 Å². The Kier molecular flexibility index (Phi) is 6.71. The predicted molar refractivity (Wildman–Crippen MR) is 119 cm³/mol. The Bertz CT molecular complexity index is 1100. The minimum absolute atomic E-state index is 0.0652. The summed E-state index contributed by atoms with van der Waals surface area (Å²) in [5.74, 6) is -0.00531. The number of thiophene rings is 1. The number of carbonyl (C=O) groups excluding carboxylic acids is 2. The van der Waals surface area contributed by atoms with E-state index in [1.165, 1.54) is 30.0 Å². The van der Waals surface area contributed by atoms with Gasteiger partial charge in [0.1, 0.15) is 4.70 Å². The summed E-state index contributed by atoms with van der Waals surface area (Å²) in [5, 5.41) is 7.88. The molecule has 9 heteroatoms. The summed E-state index contributed by atoms with van der Waals surface area (Å²) < 4.78 is 2.29. The summed E-state index contributed by atoms with van der Waals surface area (Å²) in [4.78, 5) is 41.0. The lowest BCUT2D eigenvalue weighted by Gasteiger charge is -2.14. The Labute approximate surface area is 176 Å². The molecule has 0 aliphatic rings. The van der Waals surface area contributed by atoms with Crippen molar-refractivity contribution in [2.24, 2.45) is 5.92 Å². The molecule has 0 aliphatic heterocycles. The van der Waals surface area contributed by atoms with Gasteiger partial charge in [0.2, 0.25) is 11.8 Å². The number of rotatable bonds is 7. The van der Waals surface area contributed by atoms with Crippen molar-refractivity contribution in [1.82, 2.24) is 9.55 Å². The van der Waals surface area contributed by atoms with Gasteiger partial charge in [-0.2, -0.15) is 0 Å². The lowest BCUT2D eigenvalue weighted by molar-refractivity contribution is -0.114. The standard InChI is InChI=1S/C20H22N4O3S2/c1-12(2)10-24-19(27)18-16(7-8-28-18)23-20(24)29-11-17(26)22-15-6-4-5-14(9-15)21-13(3)25/h4-9,12H,10-11H2,1-3H3,(H,21,25)(H,22,26). The summed E-state index contributed by atoms with van der Waals surface area (Å²) in [6.07, 6.45) is 0. The van der Waals surface area contributed by atoms with Crippen molar-refractivity contribution in [2.75, 3.05) is 16.4 Å². The zero-order valence-corrected chi connectivity index (χ0v) is 18.0. The highest BCUT2D eigenvalue weighted by atomic mass is 32.2. The van der Waals surface area contributed by atoms with Gasteiger partial charge in [0, 0.05) is 24.8 Å². The molecule has 0 radical (unpaired) electrons. The van der Waals surface area contributed by atoms with Gasteiger partial charge >= 0.3 is 0 Å². The Morgan fingerprint density at radius 3 is 2.62 bits per heavy atom. The molecule has 2 N–H and O–H groups in total. The van der Waals surface area contributed by atoms with Crippen molar-refractivity contribution < 1.29 is 9.59 Å². The van der Waals surface area contributed by atoms with Crippen molar-refractivity contribution in [3.63, 3.8) is 0 Å².